The summed E-state index contributed by atoms with van der Waals surface area (Å²) in [6.45, 7) is 0. The molecule has 2 aromatic rings. The standard InChI is InChI=1S/C16H15N/c1-2-6-13(7-3-1)12-15-10-11-16(17-15)14-8-4-5-9-14/h1-8,10-11,17H,9,12H2. The summed E-state index contributed by atoms with van der Waals surface area (Å²) in [7, 11) is 0. The van der Waals surface area contributed by atoms with Crippen LogP contribution in [0.2, 0.25) is 0 Å². The second-order valence-electron chi connectivity index (χ2n) is 4.38. The molecule has 0 saturated heterocycles. The maximum atomic E-state index is 3.50. The first kappa shape index (κ1) is 10.2. The molecule has 0 atom stereocenters. The van der Waals surface area contributed by atoms with E-state index >= 15 is 0 Å². The lowest BCUT2D eigenvalue weighted by atomic mass is 10.1. The molecule has 1 aliphatic carbocycles. The van der Waals surface area contributed by atoms with Crippen LogP contribution >= 0.6 is 0 Å². The highest BCUT2D eigenvalue weighted by Gasteiger charge is 2.05. The third kappa shape index (κ3) is 2.23. The van der Waals surface area contributed by atoms with Crippen LogP contribution in [0.5, 0.6) is 0 Å². The average molecular weight is 221 g/mol. The van der Waals surface area contributed by atoms with E-state index in [0.717, 1.165) is 12.8 Å². The van der Waals surface area contributed by atoms with Crippen molar-refractivity contribution in [3.63, 3.8) is 0 Å². The van der Waals surface area contributed by atoms with Crippen molar-refractivity contribution in [1.29, 1.82) is 0 Å². The molecule has 0 bridgehead atoms. The minimum absolute atomic E-state index is 0.974. The van der Waals surface area contributed by atoms with E-state index in [-0.39, 0.29) is 0 Å². The first-order valence-electron chi connectivity index (χ1n) is 6.00. The van der Waals surface area contributed by atoms with E-state index < -0.39 is 0 Å². The summed E-state index contributed by atoms with van der Waals surface area (Å²) < 4.78 is 0. The Morgan fingerprint density at radius 3 is 2.65 bits per heavy atom. The van der Waals surface area contributed by atoms with Gasteiger partial charge in [-0.2, -0.15) is 0 Å². The van der Waals surface area contributed by atoms with Gasteiger partial charge in [0.25, 0.3) is 0 Å². The number of hydrogen-bond donors (Lipinski definition) is 1. The van der Waals surface area contributed by atoms with Crippen LogP contribution in [0, 0.1) is 0 Å². The smallest absolute Gasteiger partial charge is 0.0418 e. The minimum atomic E-state index is 0.974. The van der Waals surface area contributed by atoms with E-state index in [1.54, 1.807) is 0 Å². The highest BCUT2D eigenvalue weighted by atomic mass is 14.7. The molecule has 3 rings (SSSR count). The van der Waals surface area contributed by atoms with Crippen LogP contribution in [0.25, 0.3) is 5.57 Å². The molecular formula is C16H15N. The Kier molecular flexibility index (Phi) is 2.66. The highest BCUT2D eigenvalue weighted by molar-refractivity contribution is 5.68. The van der Waals surface area contributed by atoms with E-state index in [4.69, 9.17) is 0 Å². The molecule has 1 nitrogen and oxygen atoms in total. The first-order chi connectivity index (χ1) is 8.42. The maximum Gasteiger partial charge on any atom is 0.0418 e. The largest absolute Gasteiger partial charge is 0.358 e. The van der Waals surface area contributed by atoms with Gasteiger partial charge in [-0.3, -0.25) is 0 Å². The van der Waals surface area contributed by atoms with Crippen molar-refractivity contribution in [2.45, 2.75) is 12.8 Å². The second-order valence-corrected chi connectivity index (χ2v) is 4.38. The van der Waals surface area contributed by atoms with Crippen molar-refractivity contribution in [3.05, 3.63) is 77.6 Å². The maximum absolute atomic E-state index is 3.50. The molecule has 0 amide bonds. The summed E-state index contributed by atoms with van der Waals surface area (Å²) in [6, 6.07) is 14.9. The van der Waals surface area contributed by atoms with Gasteiger partial charge in [-0.05, 0) is 29.7 Å². The molecule has 0 unspecified atom stereocenters. The van der Waals surface area contributed by atoms with Crippen molar-refractivity contribution in [3.8, 4) is 0 Å². The van der Waals surface area contributed by atoms with Gasteiger partial charge in [-0.25, -0.2) is 0 Å². The summed E-state index contributed by atoms with van der Waals surface area (Å²) in [5.74, 6) is 0. The Labute approximate surface area is 102 Å². The van der Waals surface area contributed by atoms with Gasteiger partial charge in [-0.15, -0.1) is 0 Å². The number of rotatable bonds is 3. The molecular weight excluding hydrogens is 206 g/mol. The molecule has 0 aliphatic heterocycles. The average Bonchev–Trinajstić information content (AvgIpc) is 3.00. The van der Waals surface area contributed by atoms with Crippen molar-refractivity contribution in [2.24, 2.45) is 0 Å². The van der Waals surface area contributed by atoms with Crippen LogP contribution in [-0.4, -0.2) is 4.98 Å². The minimum Gasteiger partial charge on any atom is -0.358 e. The predicted octanol–water partition coefficient (Wildman–Crippen LogP) is 3.95. The lowest BCUT2D eigenvalue weighted by molar-refractivity contribution is 1.09. The van der Waals surface area contributed by atoms with Crippen LogP contribution in [0.4, 0.5) is 0 Å². The fourth-order valence-corrected chi connectivity index (χ4v) is 2.19. The Balaban J connectivity index is 1.77. The molecule has 0 saturated carbocycles. The number of H-pyrrole nitrogens is 1. The molecule has 84 valence electrons. The summed E-state index contributed by atoms with van der Waals surface area (Å²) in [5.41, 5.74) is 5.25. The number of nitrogens with one attached hydrogen (secondary N) is 1. The molecule has 1 aliphatic rings. The lowest BCUT2D eigenvalue weighted by Crippen LogP contribution is -1.88. The Morgan fingerprint density at radius 1 is 1.00 bits per heavy atom. The van der Waals surface area contributed by atoms with Crippen molar-refractivity contribution in [1.82, 2.24) is 4.98 Å². The number of benzene rings is 1. The van der Waals surface area contributed by atoms with E-state index in [1.807, 2.05) is 0 Å². The monoisotopic (exact) mass is 221 g/mol. The molecule has 0 spiro atoms. The SMILES string of the molecule is C1=CCC(c2ccc(Cc3ccccc3)[nH]2)=C1. The van der Waals surface area contributed by atoms with E-state index in [0.29, 0.717) is 0 Å². The molecule has 1 aromatic carbocycles. The summed E-state index contributed by atoms with van der Waals surface area (Å²) in [4.78, 5) is 3.50. The number of allylic oxidation sites excluding steroid dienone is 4. The van der Waals surface area contributed by atoms with Crippen LogP contribution in [0.15, 0.2) is 60.7 Å². The van der Waals surface area contributed by atoms with Crippen LogP contribution in [0.1, 0.15) is 23.4 Å². The quantitative estimate of drug-likeness (QED) is 0.807. The molecule has 1 heterocycles. The zero-order valence-electron chi connectivity index (χ0n) is 9.69. The zero-order chi connectivity index (χ0) is 11.5. The Morgan fingerprint density at radius 2 is 1.88 bits per heavy atom. The highest BCUT2D eigenvalue weighted by Crippen LogP contribution is 2.22. The van der Waals surface area contributed by atoms with Gasteiger partial charge in [0.1, 0.15) is 0 Å². The van der Waals surface area contributed by atoms with Gasteiger partial charge >= 0.3 is 0 Å². The number of hydrogen-bond acceptors (Lipinski definition) is 0. The third-order valence-corrected chi connectivity index (χ3v) is 3.10. The number of aromatic nitrogens is 1. The van der Waals surface area contributed by atoms with Crippen molar-refractivity contribution in [2.75, 3.05) is 0 Å². The summed E-state index contributed by atoms with van der Waals surface area (Å²) in [6.07, 6.45) is 8.51. The fourth-order valence-electron chi connectivity index (χ4n) is 2.19. The van der Waals surface area contributed by atoms with Gasteiger partial charge < -0.3 is 4.98 Å². The van der Waals surface area contributed by atoms with Crippen molar-refractivity contribution >= 4 is 5.57 Å². The van der Waals surface area contributed by atoms with E-state index in [9.17, 15) is 0 Å². The van der Waals surface area contributed by atoms with Gasteiger partial charge in [-0.1, -0.05) is 48.6 Å². The Hall–Kier alpha value is -2.02. The van der Waals surface area contributed by atoms with E-state index in [1.165, 1.54) is 22.5 Å². The molecule has 17 heavy (non-hydrogen) atoms. The van der Waals surface area contributed by atoms with Crippen LogP contribution < -0.4 is 0 Å². The topological polar surface area (TPSA) is 15.8 Å². The zero-order valence-corrected chi connectivity index (χ0v) is 9.69. The van der Waals surface area contributed by atoms with E-state index in [2.05, 4.69) is 65.7 Å². The second kappa shape index (κ2) is 4.46. The molecule has 1 N–H and O–H groups in total. The van der Waals surface area contributed by atoms with Gasteiger partial charge in [0.15, 0.2) is 0 Å². The fraction of sp³-hybridized carbons (Fsp3) is 0.125. The summed E-state index contributed by atoms with van der Waals surface area (Å²) >= 11 is 0. The normalized spacial score (nSPS) is 14.0. The Bertz CT molecular complexity index is 558. The molecule has 0 fully saturated rings. The van der Waals surface area contributed by atoms with Gasteiger partial charge in [0.2, 0.25) is 0 Å². The van der Waals surface area contributed by atoms with Crippen LogP contribution in [-0.2, 0) is 6.42 Å². The number of aromatic amines is 1. The van der Waals surface area contributed by atoms with Crippen LogP contribution in [0.3, 0.4) is 0 Å². The predicted molar refractivity (Wildman–Crippen MR) is 71.8 cm³/mol. The lowest BCUT2D eigenvalue weighted by Gasteiger charge is -2.00. The molecule has 1 heteroatoms. The molecule has 0 radical (unpaired) electrons. The van der Waals surface area contributed by atoms with Gasteiger partial charge in [0.05, 0.1) is 0 Å². The molecule has 1 aromatic heterocycles. The van der Waals surface area contributed by atoms with Crippen molar-refractivity contribution < 1.29 is 0 Å². The first-order valence-corrected chi connectivity index (χ1v) is 6.00. The summed E-state index contributed by atoms with van der Waals surface area (Å²) in [5, 5.41) is 0. The third-order valence-electron chi connectivity index (χ3n) is 3.10. The van der Waals surface area contributed by atoms with Gasteiger partial charge in [0, 0.05) is 17.8 Å².